The lowest BCUT2D eigenvalue weighted by atomic mass is 10.1. The van der Waals surface area contributed by atoms with Gasteiger partial charge in [0.25, 0.3) is 0 Å². The maximum absolute atomic E-state index is 5.82. The average molecular weight is 364 g/mol. The summed E-state index contributed by atoms with van der Waals surface area (Å²) in [6.07, 6.45) is 1.75. The Labute approximate surface area is 159 Å². The lowest BCUT2D eigenvalue weighted by molar-refractivity contribution is 0.414. The van der Waals surface area contributed by atoms with Crippen molar-refractivity contribution >= 4 is 5.96 Å². The number of nitrogens with one attached hydrogen (secondary N) is 2. The van der Waals surface area contributed by atoms with E-state index in [1.165, 1.54) is 5.56 Å². The maximum atomic E-state index is 5.82. The fourth-order valence-electron chi connectivity index (χ4n) is 2.55. The monoisotopic (exact) mass is 364 g/mol. The predicted octanol–water partition coefficient (Wildman–Crippen LogP) is 3.52. The summed E-state index contributed by atoms with van der Waals surface area (Å²) in [5.41, 5.74) is 3.37. The van der Waals surface area contributed by atoms with Crippen LogP contribution in [0, 0.1) is 6.92 Å². The number of ether oxygens (including phenoxy) is 1. The SMILES string of the molecule is CN=C(NCc1ccc(OC)cc1)NCc1ncc(-c2ccc(C)cc2)o1. The molecule has 3 rings (SSSR count). The summed E-state index contributed by atoms with van der Waals surface area (Å²) < 4.78 is 11.0. The van der Waals surface area contributed by atoms with Gasteiger partial charge in [-0.2, -0.15) is 0 Å². The van der Waals surface area contributed by atoms with Gasteiger partial charge in [0.15, 0.2) is 11.7 Å². The van der Waals surface area contributed by atoms with E-state index in [1.54, 1.807) is 20.4 Å². The van der Waals surface area contributed by atoms with E-state index in [-0.39, 0.29) is 0 Å². The molecule has 1 heterocycles. The van der Waals surface area contributed by atoms with E-state index in [9.17, 15) is 0 Å². The molecule has 140 valence electrons. The van der Waals surface area contributed by atoms with Crippen LogP contribution in [-0.2, 0) is 13.1 Å². The van der Waals surface area contributed by atoms with Crippen molar-refractivity contribution in [2.75, 3.05) is 14.2 Å². The summed E-state index contributed by atoms with van der Waals surface area (Å²) in [4.78, 5) is 8.56. The summed E-state index contributed by atoms with van der Waals surface area (Å²) in [6.45, 7) is 3.17. The number of nitrogens with zero attached hydrogens (tertiary/aromatic N) is 2. The fourth-order valence-corrected chi connectivity index (χ4v) is 2.55. The van der Waals surface area contributed by atoms with Crippen molar-refractivity contribution in [1.29, 1.82) is 0 Å². The number of guanidine groups is 1. The van der Waals surface area contributed by atoms with Crippen molar-refractivity contribution in [1.82, 2.24) is 15.6 Å². The van der Waals surface area contributed by atoms with Crippen LogP contribution in [0.25, 0.3) is 11.3 Å². The maximum Gasteiger partial charge on any atom is 0.214 e. The van der Waals surface area contributed by atoms with Gasteiger partial charge >= 0.3 is 0 Å². The van der Waals surface area contributed by atoms with Crippen molar-refractivity contribution in [3.63, 3.8) is 0 Å². The highest BCUT2D eigenvalue weighted by atomic mass is 16.5. The van der Waals surface area contributed by atoms with Crippen LogP contribution in [0.15, 0.2) is 64.1 Å². The number of aliphatic imine (C=N–C) groups is 1. The van der Waals surface area contributed by atoms with Crippen molar-refractivity contribution < 1.29 is 9.15 Å². The van der Waals surface area contributed by atoms with Crippen LogP contribution in [0.3, 0.4) is 0 Å². The largest absolute Gasteiger partial charge is 0.497 e. The van der Waals surface area contributed by atoms with Crippen LogP contribution in [0.2, 0.25) is 0 Å². The Balaban J connectivity index is 1.52. The third kappa shape index (κ3) is 5.10. The molecule has 2 N–H and O–H groups in total. The third-order valence-corrected chi connectivity index (χ3v) is 4.14. The van der Waals surface area contributed by atoms with Crippen LogP contribution in [0.1, 0.15) is 17.0 Å². The van der Waals surface area contributed by atoms with Gasteiger partial charge in [-0.25, -0.2) is 4.98 Å². The van der Waals surface area contributed by atoms with Crippen molar-refractivity contribution in [2.24, 2.45) is 4.99 Å². The van der Waals surface area contributed by atoms with Gasteiger partial charge in [-0.15, -0.1) is 0 Å². The van der Waals surface area contributed by atoms with Crippen LogP contribution >= 0.6 is 0 Å². The zero-order chi connectivity index (χ0) is 19.1. The van der Waals surface area contributed by atoms with E-state index in [4.69, 9.17) is 9.15 Å². The molecule has 0 bridgehead atoms. The minimum absolute atomic E-state index is 0.453. The summed E-state index contributed by atoms with van der Waals surface area (Å²) in [6, 6.07) is 16.1. The van der Waals surface area contributed by atoms with E-state index in [0.29, 0.717) is 24.9 Å². The van der Waals surface area contributed by atoms with Gasteiger partial charge < -0.3 is 19.8 Å². The zero-order valence-electron chi connectivity index (χ0n) is 15.8. The molecule has 0 saturated heterocycles. The highest BCUT2D eigenvalue weighted by Gasteiger charge is 2.07. The second-order valence-corrected chi connectivity index (χ2v) is 6.11. The Bertz CT molecular complexity index is 883. The van der Waals surface area contributed by atoms with Crippen LogP contribution in [0.5, 0.6) is 5.75 Å². The molecule has 0 aliphatic heterocycles. The van der Waals surface area contributed by atoms with Gasteiger partial charge in [-0.1, -0.05) is 42.0 Å². The highest BCUT2D eigenvalue weighted by Crippen LogP contribution is 2.20. The number of rotatable bonds is 6. The quantitative estimate of drug-likeness (QED) is 0.517. The third-order valence-electron chi connectivity index (χ3n) is 4.14. The Morgan fingerprint density at radius 2 is 1.74 bits per heavy atom. The Hall–Kier alpha value is -3.28. The molecule has 0 amide bonds. The molecule has 6 heteroatoms. The summed E-state index contributed by atoms with van der Waals surface area (Å²) in [5.74, 6) is 2.89. The number of aryl methyl sites for hydroxylation is 1. The lowest BCUT2D eigenvalue weighted by Crippen LogP contribution is -2.36. The van der Waals surface area contributed by atoms with E-state index < -0.39 is 0 Å². The first kappa shape index (κ1) is 18.5. The highest BCUT2D eigenvalue weighted by molar-refractivity contribution is 5.79. The normalized spacial score (nSPS) is 11.3. The number of benzene rings is 2. The first-order chi connectivity index (χ1) is 13.2. The van der Waals surface area contributed by atoms with E-state index in [0.717, 1.165) is 22.6 Å². The summed E-state index contributed by atoms with van der Waals surface area (Å²) >= 11 is 0. The summed E-state index contributed by atoms with van der Waals surface area (Å²) in [7, 11) is 3.39. The first-order valence-corrected chi connectivity index (χ1v) is 8.77. The Morgan fingerprint density at radius 3 is 2.41 bits per heavy atom. The minimum Gasteiger partial charge on any atom is -0.497 e. The van der Waals surface area contributed by atoms with Crippen molar-refractivity contribution in [2.45, 2.75) is 20.0 Å². The number of hydrogen-bond donors (Lipinski definition) is 2. The molecule has 0 radical (unpaired) electrons. The molecular formula is C21H24N4O2. The number of oxazole rings is 1. The average Bonchev–Trinajstić information content (AvgIpc) is 3.18. The van der Waals surface area contributed by atoms with E-state index in [2.05, 4.69) is 39.7 Å². The summed E-state index contributed by atoms with van der Waals surface area (Å²) in [5, 5.41) is 6.48. The van der Waals surface area contributed by atoms with E-state index in [1.807, 2.05) is 36.4 Å². The smallest absolute Gasteiger partial charge is 0.214 e. The minimum atomic E-state index is 0.453. The molecule has 3 aromatic rings. The molecule has 0 aliphatic rings. The standard InChI is InChI=1S/C21H24N4O2/c1-15-4-8-17(9-5-15)19-13-23-20(27-19)14-25-21(22-2)24-12-16-6-10-18(26-3)11-7-16/h4-11,13H,12,14H2,1-3H3,(H2,22,24,25). The molecule has 0 fully saturated rings. The van der Waals surface area contributed by atoms with Crippen LogP contribution in [0.4, 0.5) is 0 Å². The predicted molar refractivity (Wildman–Crippen MR) is 107 cm³/mol. The van der Waals surface area contributed by atoms with Gasteiger partial charge in [0, 0.05) is 19.2 Å². The zero-order valence-corrected chi connectivity index (χ0v) is 15.8. The molecule has 0 spiro atoms. The first-order valence-electron chi connectivity index (χ1n) is 8.77. The van der Waals surface area contributed by atoms with Crippen LogP contribution in [-0.4, -0.2) is 25.1 Å². The van der Waals surface area contributed by atoms with Gasteiger partial charge in [-0.05, 0) is 24.6 Å². The Morgan fingerprint density at radius 1 is 1.04 bits per heavy atom. The molecule has 0 atom stereocenters. The number of methoxy groups -OCH3 is 1. The van der Waals surface area contributed by atoms with Crippen LogP contribution < -0.4 is 15.4 Å². The molecule has 27 heavy (non-hydrogen) atoms. The molecular weight excluding hydrogens is 340 g/mol. The van der Waals surface area contributed by atoms with E-state index >= 15 is 0 Å². The topological polar surface area (TPSA) is 71.7 Å². The molecule has 1 aromatic heterocycles. The molecule has 2 aromatic carbocycles. The number of aromatic nitrogens is 1. The molecule has 0 unspecified atom stereocenters. The second kappa shape index (κ2) is 8.89. The van der Waals surface area contributed by atoms with Gasteiger partial charge in [-0.3, -0.25) is 4.99 Å². The second-order valence-electron chi connectivity index (χ2n) is 6.11. The Kier molecular flexibility index (Phi) is 6.10. The lowest BCUT2D eigenvalue weighted by Gasteiger charge is -2.11. The van der Waals surface area contributed by atoms with Crippen molar-refractivity contribution in [3.8, 4) is 17.1 Å². The number of hydrogen-bond acceptors (Lipinski definition) is 4. The molecule has 0 aliphatic carbocycles. The van der Waals surface area contributed by atoms with Gasteiger partial charge in [0.05, 0.1) is 19.9 Å². The fraction of sp³-hybridized carbons (Fsp3) is 0.238. The van der Waals surface area contributed by atoms with Gasteiger partial charge in [0.1, 0.15) is 5.75 Å². The van der Waals surface area contributed by atoms with Crippen molar-refractivity contribution in [3.05, 3.63) is 71.7 Å². The molecule has 0 saturated carbocycles. The van der Waals surface area contributed by atoms with Gasteiger partial charge in [0.2, 0.25) is 5.89 Å². The molecule has 6 nitrogen and oxygen atoms in total.